The van der Waals surface area contributed by atoms with Crippen LogP contribution >= 0.6 is 24.0 Å². The van der Waals surface area contributed by atoms with Crippen molar-refractivity contribution in [2.24, 2.45) is 10.9 Å². The van der Waals surface area contributed by atoms with Gasteiger partial charge in [0.05, 0.1) is 5.69 Å². The molecule has 1 fully saturated rings. The SMILES string of the molecule is CCN(CC)c1ccc(CNC(=NC)NC2CC2C)cc1F.I. The summed E-state index contributed by atoms with van der Waals surface area (Å²) < 4.78 is 14.2. The molecule has 2 rings (SSSR count). The maximum absolute atomic E-state index is 14.2. The quantitative estimate of drug-likeness (QED) is 0.410. The Labute approximate surface area is 156 Å². The van der Waals surface area contributed by atoms with Gasteiger partial charge >= 0.3 is 0 Å². The van der Waals surface area contributed by atoms with Crippen molar-refractivity contribution in [1.82, 2.24) is 10.6 Å². The van der Waals surface area contributed by atoms with E-state index in [1.54, 1.807) is 13.1 Å². The van der Waals surface area contributed by atoms with E-state index in [9.17, 15) is 4.39 Å². The first-order valence-corrected chi connectivity index (χ1v) is 8.09. The number of hydrogen-bond donors (Lipinski definition) is 2. The monoisotopic (exact) mass is 434 g/mol. The maximum Gasteiger partial charge on any atom is 0.191 e. The van der Waals surface area contributed by atoms with Crippen LogP contribution in [0.25, 0.3) is 0 Å². The number of nitrogens with zero attached hydrogens (tertiary/aromatic N) is 2. The maximum atomic E-state index is 14.2. The molecule has 0 spiro atoms. The van der Waals surface area contributed by atoms with E-state index in [2.05, 4.69) is 22.5 Å². The van der Waals surface area contributed by atoms with Crippen molar-refractivity contribution in [2.45, 2.75) is 39.8 Å². The zero-order valence-electron chi connectivity index (χ0n) is 14.4. The largest absolute Gasteiger partial charge is 0.370 e. The van der Waals surface area contributed by atoms with Crippen molar-refractivity contribution in [3.05, 3.63) is 29.6 Å². The van der Waals surface area contributed by atoms with E-state index in [-0.39, 0.29) is 29.8 Å². The number of halogens is 2. The molecular formula is C17H28FIN4. The molecule has 0 aliphatic heterocycles. The Morgan fingerprint density at radius 3 is 2.48 bits per heavy atom. The number of rotatable bonds is 6. The summed E-state index contributed by atoms with van der Waals surface area (Å²) >= 11 is 0. The number of aliphatic imine (C=N–C) groups is 1. The summed E-state index contributed by atoms with van der Waals surface area (Å²) in [5.74, 6) is 1.33. The van der Waals surface area contributed by atoms with Crippen LogP contribution in [0.2, 0.25) is 0 Å². The molecule has 0 radical (unpaired) electrons. The molecule has 4 nitrogen and oxygen atoms in total. The highest BCUT2D eigenvalue weighted by Gasteiger charge is 2.33. The fraction of sp³-hybridized carbons (Fsp3) is 0.588. The highest BCUT2D eigenvalue weighted by Crippen LogP contribution is 2.28. The van der Waals surface area contributed by atoms with Crippen LogP contribution in [-0.2, 0) is 6.54 Å². The summed E-state index contributed by atoms with van der Waals surface area (Å²) in [5, 5.41) is 6.60. The lowest BCUT2D eigenvalue weighted by atomic mass is 10.2. The van der Waals surface area contributed by atoms with Gasteiger partial charge in [-0.2, -0.15) is 0 Å². The molecule has 23 heavy (non-hydrogen) atoms. The molecule has 1 saturated carbocycles. The standard InChI is InChI=1S/C17H27FN4.HI/c1-5-22(6-2)16-8-7-13(10-14(16)18)11-20-17(19-4)21-15-9-12(15)3;/h7-8,10,12,15H,5-6,9,11H2,1-4H3,(H2,19,20,21);1H. The van der Waals surface area contributed by atoms with Gasteiger partial charge in [-0.3, -0.25) is 4.99 Å². The smallest absolute Gasteiger partial charge is 0.191 e. The zero-order valence-corrected chi connectivity index (χ0v) is 16.7. The van der Waals surface area contributed by atoms with Gasteiger partial charge in [0.25, 0.3) is 0 Å². The molecule has 1 aromatic rings. The molecule has 130 valence electrons. The Kier molecular flexibility index (Phi) is 8.08. The summed E-state index contributed by atoms with van der Waals surface area (Å²) in [6.45, 7) is 8.46. The minimum Gasteiger partial charge on any atom is -0.370 e. The summed E-state index contributed by atoms with van der Waals surface area (Å²) in [6, 6.07) is 5.95. The highest BCUT2D eigenvalue weighted by atomic mass is 127. The predicted molar refractivity (Wildman–Crippen MR) is 106 cm³/mol. The molecule has 1 aliphatic carbocycles. The van der Waals surface area contributed by atoms with Gasteiger partial charge in [-0.25, -0.2) is 4.39 Å². The van der Waals surface area contributed by atoms with Gasteiger partial charge < -0.3 is 15.5 Å². The van der Waals surface area contributed by atoms with Crippen LogP contribution in [0.15, 0.2) is 23.2 Å². The number of benzene rings is 1. The normalized spacial score (nSPS) is 19.8. The van der Waals surface area contributed by atoms with Gasteiger partial charge in [-0.15, -0.1) is 24.0 Å². The number of nitrogens with one attached hydrogen (secondary N) is 2. The van der Waals surface area contributed by atoms with Crippen molar-refractivity contribution in [3.8, 4) is 0 Å². The van der Waals surface area contributed by atoms with Crippen LogP contribution in [-0.4, -0.2) is 32.1 Å². The van der Waals surface area contributed by atoms with Gasteiger partial charge in [0.15, 0.2) is 5.96 Å². The molecular weight excluding hydrogens is 406 g/mol. The Hall–Kier alpha value is -1.05. The minimum absolute atomic E-state index is 0. The van der Waals surface area contributed by atoms with Crippen LogP contribution in [0, 0.1) is 11.7 Å². The molecule has 6 heteroatoms. The summed E-state index contributed by atoms with van der Waals surface area (Å²) in [4.78, 5) is 6.22. The topological polar surface area (TPSA) is 39.7 Å². The molecule has 2 atom stereocenters. The molecule has 0 saturated heterocycles. The first-order valence-electron chi connectivity index (χ1n) is 8.09. The first kappa shape index (κ1) is 20.0. The lowest BCUT2D eigenvalue weighted by Gasteiger charge is -2.22. The second kappa shape index (κ2) is 9.30. The number of hydrogen-bond acceptors (Lipinski definition) is 2. The molecule has 1 aromatic carbocycles. The molecule has 1 aliphatic rings. The zero-order chi connectivity index (χ0) is 16.1. The third kappa shape index (κ3) is 5.51. The average molecular weight is 434 g/mol. The number of anilines is 1. The minimum atomic E-state index is -0.165. The fourth-order valence-electron chi connectivity index (χ4n) is 2.56. The highest BCUT2D eigenvalue weighted by molar-refractivity contribution is 14.0. The molecule has 0 amide bonds. The van der Waals surface area contributed by atoms with Gasteiger partial charge in [-0.1, -0.05) is 13.0 Å². The Morgan fingerprint density at radius 2 is 2.00 bits per heavy atom. The lowest BCUT2D eigenvalue weighted by Crippen LogP contribution is -2.38. The van der Waals surface area contributed by atoms with E-state index >= 15 is 0 Å². The van der Waals surface area contributed by atoms with E-state index in [1.165, 1.54) is 6.42 Å². The summed E-state index contributed by atoms with van der Waals surface area (Å²) in [5.41, 5.74) is 1.59. The van der Waals surface area contributed by atoms with Gasteiger partial charge in [0, 0.05) is 32.7 Å². The first-order chi connectivity index (χ1) is 10.6. The number of guanidine groups is 1. The average Bonchev–Trinajstić information content (AvgIpc) is 3.21. The fourth-order valence-corrected chi connectivity index (χ4v) is 2.56. The van der Waals surface area contributed by atoms with Gasteiger partial charge in [-0.05, 0) is 43.9 Å². The van der Waals surface area contributed by atoms with Gasteiger partial charge in [0.2, 0.25) is 0 Å². The van der Waals surface area contributed by atoms with Crippen molar-refractivity contribution in [3.63, 3.8) is 0 Å². The van der Waals surface area contributed by atoms with Crippen molar-refractivity contribution >= 4 is 35.6 Å². The third-order valence-corrected chi connectivity index (χ3v) is 4.23. The van der Waals surface area contributed by atoms with Crippen molar-refractivity contribution in [1.29, 1.82) is 0 Å². The van der Waals surface area contributed by atoms with Crippen LogP contribution in [0.1, 0.15) is 32.8 Å². The van der Waals surface area contributed by atoms with E-state index in [0.29, 0.717) is 24.2 Å². The lowest BCUT2D eigenvalue weighted by molar-refractivity contribution is 0.616. The van der Waals surface area contributed by atoms with E-state index in [0.717, 1.165) is 24.6 Å². The van der Waals surface area contributed by atoms with E-state index in [1.807, 2.05) is 30.9 Å². The van der Waals surface area contributed by atoms with Crippen LogP contribution in [0.3, 0.4) is 0 Å². The predicted octanol–water partition coefficient (Wildman–Crippen LogP) is 3.36. The van der Waals surface area contributed by atoms with Crippen LogP contribution < -0.4 is 15.5 Å². The van der Waals surface area contributed by atoms with Gasteiger partial charge in [0.1, 0.15) is 5.82 Å². The molecule has 2 N–H and O–H groups in total. The van der Waals surface area contributed by atoms with Crippen molar-refractivity contribution in [2.75, 3.05) is 25.0 Å². The molecule has 0 heterocycles. The van der Waals surface area contributed by atoms with E-state index in [4.69, 9.17) is 0 Å². The Bertz CT molecular complexity index is 531. The van der Waals surface area contributed by atoms with Crippen LogP contribution in [0.5, 0.6) is 0 Å². The van der Waals surface area contributed by atoms with Crippen molar-refractivity contribution < 1.29 is 4.39 Å². The van der Waals surface area contributed by atoms with Crippen LogP contribution in [0.4, 0.5) is 10.1 Å². The molecule has 2 unspecified atom stereocenters. The molecule has 0 bridgehead atoms. The molecule has 0 aromatic heterocycles. The summed E-state index contributed by atoms with van der Waals surface area (Å²) in [7, 11) is 1.76. The second-order valence-corrected chi connectivity index (χ2v) is 5.85. The Balaban J connectivity index is 0.00000264. The Morgan fingerprint density at radius 1 is 1.35 bits per heavy atom. The van der Waals surface area contributed by atoms with E-state index < -0.39 is 0 Å². The second-order valence-electron chi connectivity index (χ2n) is 5.85. The summed E-state index contributed by atoms with van der Waals surface area (Å²) in [6.07, 6.45) is 1.19. The third-order valence-electron chi connectivity index (χ3n) is 4.23.